The summed E-state index contributed by atoms with van der Waals surface area (Å²) in [5.41, 5.74) is 0. The molecule has 0 saturated carbocycles. The van der Waals surface area contributed by atoms with Gasteiger partial charge in [0.15, 0.2) is 0 Å². The Labute approximate surface area is 113 Å². The van der Waals surface area contributed by atoms with Crippen molar-refractivity contribution >= 4 is 17.8 Å². The normalized spacial score (nSPS) is 14.1. The quantitative estimate of drug-likeness (QED) is 0.475. The zero-order valence-electron chi connectivity index (χ0n) is 12.2. The van der Waals surface area contributed by atoms with Gasteiger partial charge >= 0.3 is 5.97 Å². The molecule has 19 heavy (non-hydrogen) atoms. The van der Waals surface area contributed by atoms with Crippen molar-refractivity contribution in [2.75, 3.05) is 0 Å². The highest BCUT2D eigenvalue weighted by Crippen LogP contribution is 2.07. The first kappa shape index (κ1) is 17.4. The Morgan fingerprint density at radius 2 is 1.58 bits per heavy atom. The largest absolute Gasteiger partial charge is 0.480 e. The van der Waals surface area contributed by atoms with Crippen LogP contribution in [0, 0.1) is 11.8 Å². The molecule has 0 fully saturated rings. The highest BCUT2D eigenvalue weighted by Gasteiger charge is 2.28. The van der Waals surface area contributed by atoms with Gasteiger partial charge in [0.05, 0.1) is 0 Å². The number of carboxylic acid groups (broad SMARTS) is 1. The van der Waals surface area contributed by atoms with Crippen molar-refractivity contribution in [2.45, 2.75) is 53.1 Å². The summed E-state index contributed by atoms with van der Waals surface area (Å²) < 4.78 is 0. The number of hydrogen-bond donors (Lipinski definition) is 3. The standard InChI is InChI=1S/C13H24N2O4/c1-7(2)6-10(13(18)19)15-12(17)11(8(3)4)14-9(5)16/h7-8,10-11H,6H2,1-5H3,(H,14,16)(H,15,17)(H,18,19)/t10-,11-/m0/s1/i1+1,2+1,3+1,4+1,6+1,7+1,8+1,10+1,11+1,12+1,13+1,14+1,15+1. The van der Waals surface area contributed by atoms with E-state index in [2.05, 4.69) is 10.6 Å². The zero-order valence-corrected chi connectivity index (χ0v) is 12.2. The fourth-order valence-corrected chi connectivity index (χ4v) is 1.71. The molecule has 0 unspecified atom stereocenters. The molecule has 0 rings (SSSR count). The Morgan fingerprint density at radius 1 is 1.05 bits per heavy atom. The van der Waals surface area contributed by atoms with Gasteiger partial charge in [0.25, 0.3) is 0 Å². The molecule has 0 aromatic carbocycles. The lowest BCUT2D eigenvalue weighted by Crippen LogP contribution is -2.53. The molecule has 6 heteroatoms. The molecule has 0 saturated heterocycles. The van der Waals surface area contributed by atoms with Crippen LogP contribution in [0.25, 0.3) is 0 Å². The topological polar surface area (TPSA) is 95.5 Å². The summed E-state index contributed by atoms with van der Waals surface area (Å²) in [5.74, 6) is -1.80. The van der Waals surface area contributed by atoms with Gasteiger partial charge in [-0.15, -0.1) is 0 Å². The molecular weight excluding hydrogens is 261 g/mol. The van der Waals surface area contributed by atoms with Crippen LogP contribution in [0.4, 0.5) is 0 Å². The minimum Gasteiger partial charge on any atom is -0.480 e. The summed E-state index contributed by atoms with van der Waals surface area (Å²) in [7, 11) is 0. The van der Waals surface area contributed by atoms with Crippen LogP contribution in [0.15, 0.2) is 0 Å². The van der Waals surface area contributed by atoms with E-state index < -0.39 is 24.0 Å². The summed E-state index contributed by atoms with van der Waals surface area (Å²) in [5, 5.41) is 14.1. The number of hydrogen-bond acceptors (Lipinski definition) is 3. The summed E-state index contributed by atoms with van der Waals surface area (Å²) in [4.78, 5) is 34.2. The third kappa shape index (κ3) is 6.79. The minimum absolute atomic E-state index is 0.114. The maximum atomic E-state index is 12.0. The molecule has 0 aliphatic rings. The monoisotopic (exact) mass is 285 g/mol. The molecule has 0 aliphatic carbocycles. The fourth-order valence-electron chi connectivity index (χ4n) is 1.71. The second-order valence-electron chi connectivity index (χ2n) is 5.45. The van der Waals surface area contributed by atoms with Gasteiger partial charge in [-0.3, -0.25) is 9.59 Å². The molecule has 0 aromatic heterocycles. The molecule has 0 heterocycles. The van der Waals surface area contributed by atoms with Crippen LogP contribution in [0.1, 0.15) is 41.0 Å². The van der Waals surface area contributed by atoms with E-state index in [1.807, 2.05) is 13.8 Å². The van der Waals surface area contributed by atoms with E-state index in [1.165, 1.54) is 6.92 Å². The molecule has 0 spiro atoms. The molecule has 0 bridgehead atoms. The summed E-state index contributed by atoms with van der Waals surface area (Å²) in [6.45, 7) is 8.67. The number of amides is 2. The van der Waals surface area contributed by atoms with E-state index in [4.69, 9.17) is 5.11 Å². The minimum atomic E-state index is -1.06. The predicted molar refractivity (Wildman–Crippen MR) is 71.5 cm³/mol. The molecule has 0 aromatic rings. The van der Waals surface area contributed by atoms with Crippen LogP contribution >= 0.6 is 0 Å². The number of carbonyl (C=O) groups is 3. The third-order valence-electron chi connectivity index (χ3n) is 2.63. The summed E-state index contributed by atoms with van der Waals surface area (Å²) in [6, 6.07) is -1.64. The molecule has 0 aliphatic heterocycles. The number of carbonyl (C=O) groups excluding carboxylic acids is 2. The Balaban J connectivity index is 4.75. The Hall–Kier alpha value is -1.59. The van der Waals surface area contributed by atoms with Gasteiger partial charge in [0.2, 0.25) is 11.8 Å². The molecule has 0 radical (unpaired) electrons. The van der Waals surface area contributed by atoms with Crippen LogP contribution < -0.4 is 10.6 Å². The number of carboxylic acids is 1. The molecule has 2 amide bonds. The lowest BCUT2D eigenvalue weighted by Gasteiger charge is -2.24. The van der Waals surface area contributed by atoms with E-state index in [1.54, 1.807) is 13.8 Å². The van der Waals surface area contributed by atoms with Crippen LogP contribution in [0.2, 0.25) is 0 Å². The van der Waals surface area contributed by atoms with Gasteiger partial charge in [-0.05, 0) is 18.3 Å². The summed E-state index contributed by atoms with van der Waals surface area (Å²) in [6.07, 6.45) is 0.353. The number of nitrogens with one attached hydrogen (secondary N) is 2. The average Bonchev–Trinajstić information content (AvgIpc) is 2.23. The predicted octanol–water partition coefficient (Wildman–Crippen LogP) is 0.763. The first-order chi connectivity index (χ1) is 8.65. The zero-order chi connectivity index (χ0) is 15.2. The second kappa shape index (κ2) is 7.76. The van der Waals surface area contributed by atoms with Crippen LogP contribution in [-0.4, -0.2) is 35.0 Å². The maximum absolute atomic E-state index is 12.0. The molecular formula is C13H24N2O4. The van der Waals surface area contributed by atoms with Crippen molar-refractivity contribution in [3.63, 3.8) is 0 Å². The van der Waals surface area contributed by atoms with Crippen LogP contribution in [-0.2, 0) is 14.4 Å². The fraction of sp³-hybridized carbons (Fsp3) is 0.769. The maximum Gasteiger partial charge on any atom is 0.326 e. The molecule has 3 N–H and O–H groups in total. The third-order valence-corrected chi connectivity index (χ3v) is 2.63. The van der Waals surface area contributed by atoms with Gasteiger partial charge in [-0.2, -0.15) is 0 Å². The van der Waals surface area contributed by atoms with Gasteiger partial charge in [-0.25, -0.2) is 4.79 Å². The summed E-state index contributed by atoms with van der Waals surface area (Å²) >= 11 is 0. The highest BCUT2D eigenvalue weighted by atomic mass is 16.5. The van der Waals surface area contributed by atoms with Crippen LogP contribution in [0.3, 0.4) is 0 Å². The Bertz CT molecular complexity index is 340. The smallest absolute Gasteiger partial charge is 0.326 e. The van der Waals surface area contributed by atoms with Crippen LogP contribution in [0.5, 0.6) is 0 Å². The van der Waals surface area contributed by atoms with Gasteiger partial charge in [0, 0.05) is 6.92 Å². The van der Waals surface area contributed by atoms with Crippen molar-refractivity contribution in [1.29, 1.82) is 0 Å². The van der Waals surface area contributed by atoms with E-state index in [0.29, 0.717) is 6.42 Å². The van der Waals surface area contributed by atoms with E-state index in [-0.39, 0.29) is 17.7 Å². The van der Waals surface area contributed by atoms with Crippen molar-refractivity contribution in [3.05, 3.63) is 0 Å². The molecule has 2 atom stereocenters. The first-order valence-electron chi connectivity index (χ1n) is 6.45. The SMILES string of the molecule is CC(=O)[15NH][13C@H]([13C](=O)[15NH][13C@@H]([13CH2][13CH]([13CH3])[13CH3])[13C](=O)O)[13CH]([13CH3])[13CH3]. The van der Waals surface area contributed by atoms with Crippen molar-refractivity contribution < 1.29 is 19.5 Å². The molecule has 110 valence electrons. The molecule has 6 nitrogen and oxygen atoms in total. The van der Waals surface area contributed by atoms with Gasteiger partial charge < -0.3 is 15.7 Å². The van der Waals surface area contributed by atoms with Crippen molar-refractivity contribution in [1.82, 2.24) is 10.6 Å². The van der Waals surface area contributed by atoms with Gasteiger partial charge in [0.1, 0.15) is 12.1 Å². The van der Waals surface area contributed by atoms with Crippen molar-refractivity contribution in [2.24, 2.45) is 11.8 Å². The van der Waals surface area contributed by atoms with Gasteiger partial charge in [-0.1, -0.05) is 27.7 Å². The number of aliphatic carboxylic acids is 1. The number of rotatable bonds is 7. The van der Waals surface area contributed by atoms with E-state index >= 15 is 0 Å². The van der Waals surface area contributed by atoms with Crippen molar-refractivity contribution in [3.8, 4) is 0 Å². The first-order valence-corrected chi connectivity index (χ1v) is 6.45. The Kier molecular flexibility index (Phi) is 7.11. The lowest BCUT2D eigenvalue weighted by atomic mass is 10.8. The Morgan fingerprint density at radius 3 is 1.89 bits per heavy atom. The van der Waals surface area contributed by atoms with E-state index in [9.17, 15) is 14.4 Å². The average molecular weight is 285 g/mol. The van der Waals surface area contributed by atoms with E-state index in [0.717, 1.165) is 0 Å². The second-order valence-corrected chi connectivity index (χ2v) is 5.45. The lowest BCUT2D eigenvalue weighted by molar-refractivity contribution is -0.142. The highest BCUT2D eigenvalue weighted by molar-refractivity contribution is 5.90.